The molecule has 2 N–H and O–H groups in total. The number of amides is 2. The number of sulfonamides is 1. The maximum absolute atomic E-state index is 14.1. The molecule has 1 saturated heterocycles. The topological polar surface area (TPSA) is 118 Å². The molecule has 0 radical (unpaired) electrons. The predicted octanol–water partition coefficient (Wildman–Crippen LogP) is 0.316. The molecule has 28 heavy (non-hydrogen) atoms. The summed E-state index contributed by atoms with van der Waals surface area (Å²) in [7, 11) is -3.90. The quantitative estimate of drug-likeness (QED) is 0.704. The van der Waals surface area contributed by atoms with Gasteiger partial charge in [0, 0.05) is 25.5 Å². The van der Waals surface area contributed by atoms with Gasteiger partial charge in [-0.3, -0.25) is 25.4 Å². The second-order valence-electron chi connectivity index (χ2n) is 5.81. The molecule has 2 aromatic rings. The van der Waals surface area contributed by atoms with E-state index in [0.717, 1.165) is 18.2 Å². The summed E-state index contributed by atoms with van der Waals surface area (Å²) < 4.78 is 45.7. The molecule has 0 unspecified atom stereocenters. The van der Waals surface area contributed by atoms with E-state index in [9.17, 15) is 22.4 Å². The van der Waals surface area contributed by atoms with Crippen molar-refractivity contribution < 1.29 is 27.1 Å². The van der Waals surface area contributed by atoms with Crippen molar-refractivity contribution in [1.82, 2.24) is 20.1 Å². The SMILES string of the molecule is O=C(NNC(=O)c1cc(S(=O)(=O)N2CCOCC2)ccc1F)c1cccnc1. The van der Waals surface area contributed by atoms with Crippen molar-refractivity contribution in [3.05, 3.63) is 59.7 Å². The molecule has 1 aromatic heterocycles. The number of benzene rings is 1. The van der Waals surface area contributed by atoms with Crippen LogP contribution in [0.3, 0.4) is 0 Å². The summed E-state index contributed by atoms with van der Waals surface area (Å²) >= 11 is 0. The molecular formula is C17H17FN4O5S. The first-order valence-corrected chi connectivity index (χ1v) is 9.72. The molecule has 11 heteroatoms. The zero-order valence-electron chi connectivity index (χ0n) is 14.6. The monoisotopic (exact) mass is 408 g/mol. The second-order valence-corrected chi connectivity index (χ2v) is 7.75. The summed E-state index contributed by atoms with van der Waals surface area (Å²) in [5, 5.41) is 0. The van der Waals surface area contributed by atoms with Crippen LogP contribution in [0.1, 0.15) is 20.7 Å². The molecule has 0 atom stereocenters. The highest BCUT2D eigenvalue weighted by Gasteiger charge is 2.28. The number of halogens is 1. The summed E-state index contributed by atoms with van der Waals surface area (Å²) in [6.45, 7) is 0.854. The Morgan fingerprint density at radius 2 is 1.82 bits per heavy atom. The predicted molar refractivity (Wildman–Crippen MR) is 95.1 cm³/mol. The molecule has 0 aliphatic carbocycles. The molecular weight excluding hydrogens is 391 g/mol. The Morgan fingerprint density at radius 3 is 2.50 bits per heavy atom. The molecule has 0 saturated carbocycles. The third-order valence-electron chi connectivity index (χ3n) is 4.00. The fraction of sp³-hybridized carbons (Fsp3) is 0.235. The minimum atomic E-state index is -3.90. The van der Waals surface area contributed by atoms with Gasteiger partial charge in [0.1, 0.15) is 5.82 Å². The van der Waals surface area contributed by atoms with E-state index in [2.05, 4.69) is 15.8 Å². The van der Waals surface area contributed by atoms with Gasteiger partial charge < -0.3 is 4.74 Å². The number of morpholine rings is 1. The number of pyridine rings is 1. The van der Waals surface area contributed by atoms with Crippen LogP contribution in [0.2, 0.25) is 0 Å². The lowest BCUT2D eigenvalue weighted by Crippen LogP contribution is -2.42. The molecule has 148 valence electrons. The minimum absolute atomic E-state index is 0.169. The van der Waals surface area contributed by atoms with Crippen molar-refractivity contribution in [2.75, 3.05) is 26.3 Å². The van der Waals surface area contributed by atoms with Crippen molar-refractivity contribution in [1.29, 1.82) is 0 Å². The number of aromatic nitrogens is 1. The van der Waals surface area contributed by atoms with Gasteiger partial charge in [0.2, 0.25) is 10.0 Å². The Labute approximate surface area is 160 Å². The number of nitrogens with one attached hydrogen (secondary N) is 2. The third kappa shape index (κ3) is 4.32. The van der Waals surface area contributed by atoms with Gasteiger partial charge >= 0.3 is 0 Å². The summed E-state index contributed by atoms with van der Waals surface area (Å²) in [5.41, 5.74) is 3.86. The Kier molecular flexibility index (Phi) is 5.97. The highest BCUT2D eigenvalue weighted by Crippen LogP contribution is 2.20. The molecule has 1 aliphatic heterocycles. The number of hydrogen-bond acceptors (Lipinski definition) is 6. The van der Waals surface area contributed by atoms with Gasteiger partial charge in [0.25, 0.3) is 11.8 Å². The van der Waals surface area contributed by atoms with E-state index in [1.54, 1.807) is 0 Å². The molecule has 2 amide bonds. The van der Waals surface area contributed by atoms with Crippen LogP contribution in [-0.4, -0.2) is 55.8 Å². The van der Waals surface area contributed by atoms with Crippen LogP contribution in [0.15, 0.2) is 47.6 Å². The van der Waals surface area contributed by atoms with Crippen LogP contribution in [0.25, 0.3) is 0 Å². The van der Waals surface area contributed by atoms with E-state index in [1.807, 2.05) is 0 Å². The van der Waals surface area contributed by atoms with Crippen LogP contribution in [0.5, 0.6) is 0 Å². The molecule has 1 fully saturated rings. The maximum Gasteiger partial charge on any atom is 0.272 e. The van der Waals surface area contributed by atoms with E-state index >= 15 is 0 Å². The Hall–Kier alpha value is -2.89. The van der Waals surface area contributed by atoms with Crippen molar-refractivity contribution >= 4 is 21.8 Å². The number of carbonyl (C=O) groups excluding carboxylic acids is 2. The second kappa shape index (κ2) is 8.42. The summed E-state index contributed by atoms with van der Waals surface area (Å²) in [5.74, 6) is -2.57. The molecule has 9 nitrogen and oxygen atoms in total. The zero-order chi connectivity index (χ0) is 20.1. The highest BCUT2D eigenvalue weighted by molar-refractivity contribution is 7.89. The summed E-state index contributed by atoms with van der Waals surface area (Å²) in [6, 6.07) is 5.93. The standard InChI is InChI=1S/C17H17FN4O5S/c18-15-4-3-13(28(25,26)22-6-8-27-9-7-22)10-14(15)17(24)21-20-16(23)12-2-1-5-19-11-12/h1-5,10-11H,6-9H2,(H,20,23)(H,21,24). The zero-order valence-corrected chi connectivity index (χ0v) is 15.4. The number of carbonyl (C=O) groups is 2. The van der Waals surface area contributed by atoms with Gasteiger partial charge in [0.05, 0.1) is 29.2 Å². The van der Waals surface area contributed by atoms with Gasteiger partial charge in [-0.1, -0.05) is 0 Å². The molecule has 0 bridgehead atoms. The number of ether oxygens (including phenoxy) is 1. The van der Waals surface area contributed by atoms with Crippen molar-refractivity contribution in [2.24, 2.45) is 0 Å². The average Bonchev–Trinajstić information content (AvgIpc) is 2.73. The van der Waals surface area contributed by atoms with Crippen LogP contribution < -0.4 is 10.9 Å². The molecule has 2 heterocycles. The lowest BCUT2D eigenvalue weighted by molar-refractivity contribution is 0.0730. The van der Waals surface area contributed by atoms with Crippen molar-refractivity contribution in [3.63, 3.8) is 0 Å². The van der Waals surface area contributed by atoms with Gasteiger partial charge in [-0.15, -0.1) is 0 Å². The van der Waals surface area contributed by atoms with Crippen LogP contribution in [0.4, 0.5) is 4.39 Å². The van der Waals surface area contributed by atoms with Crippen LogP contribution in [-0.2, 0) is 14.8 Å². The van der Waals surface area contributed by atoms with Crippen LogP contribution in [0, 0.1) is 5.82 Å². The molecule has 0 spiro atoms. The van der Waals surface area contributed by atoms with E-state index in [1.165, 1.54) is 28.8 Å². The lowest BCUT2D eigenvalue weighted by atomic mass is 10.2. The molecule has 3 rings (SSSR count). The van der Waals surface area contributed by atoms with E-state index in [4.69, 9.17) is 4.74 Å². The largest absolute Gasteiger partial charge is 0.379 e. The lowest BCUT2D eigenvalue weighted by Gasteiger charge is -2.26. The third-order valence-corrected chi connectivity index (χ3v) is 5.90. The van der Waals surface area contributed by atoms with Crippen molar-refractivity contribution in [2.45, 2.75) is 4.90 Å². The van der Waals surface area contributed by atoms with E-state index in [-0.39, 0.29) is 36.8 Å². The first-order valence-electron chi connectivity index (χ1n) is 8.28. The number of nitrogens with zero attached hydrogens (tertiary/aromatic N) is 2. The van der Waals surface area contributed by atoms with E-state index < -0.39 is 33.2 Å². The summed E-state index contributed by atoms with van der Waals surface area (Å²) in [6.07, 6.45) is 2.77. The number of hydrazine groups is 1. The smallest absolute Gasteiger partial charge is 0.272 e. The minimum Gasteiger partial charge on any atom is -0.379 e. The van der Waals surface area contributed by atoms with Crippen LogP contribution >= 0.6 is 0 Å². The first-order chi connectivity index (χ1) is 13.4. The summed E-state index contributed by atoms with van der Waals surface area (Å²) in [4.78, 5) is 27.7. The van der Waals surface area contributed by atoms with Gasteiger partial charge in [-0.25, -0.2) is 12.8 Å². The Morgan fingerprint density at radius 1 is 1.11 bits per heavy atom. The van der Waals surface area contributed by atoms with Gasteiger partial charge in [-0.2, -0.15) is 4.31 Å². The molecule has 1 aliphatic rings. The van der Waals surface area contributed by atoms with E-state index in [0.29, 0.717) is 0 Å². The first kappa shape index (κ1) is 19.9. The normalized spacial score (nSPS) is 15.0. The number of hydrogen-bond donors (Lipinski definition) is 2. The Bertz CT molecular complexity index is 978. The fourth-order valence-corrected chi connectivity index (χ4v) is 3.96. The highest BCUT2D eigenvalue weighted by atomic mass is 32.2. The molecule has 1 aromatic carbocycles. The Balaban J connectivity index is 1.75. The average molecular weight is 408 g/mol. The maximum atomic E-state index is 14.1. The van der Waals surface area contributed by atoms with Crippen molar-refractivity contribution in [3.8, 4) is 0 Å². The number of rotatable bonds is 4. The van der Waals surface area contributed by atoms with Gasteiger partial charge in [-0.05, 0) is 30.3 Å². The van der Waals surface area contributed by atoms with Gasteiger partial charge in [0.15, 0.2) is 0 Å². The fourth-order valence-electron chi connectivity index (χ4n) is 2.52.